The van der Waals surface area contributed by atoms with Gasteiger partial charge in [-0.2, -0.15) is 0 Å². The third-order valence-corrected chi connectivity index (χ3v) is 4.77. The van der Waals surface area contributed by atoms with Gasteiger partial charge in [0.15, 0.2) is 5.13 Å². The lowest BCUT2D eigenvalue weighted by Gasteiger charge is -2.35. The van der Waals surface area contributed by atoms with Crippen molar-refractivity contribution in [1.82, 2.24) is 15.6 Å². The summed E-state index contributed by atoms with van der Waals surface area (Å²) in [6.45, 7) is 5.21. The molecule has 2 rings (SSSR count). The fourth-order valence-corrected chi connectivity index (χ4v) is 3.32. The highest BCUT2D eigenvalue weighted by Crippen LogP contribution is 2.18. The maximum atomic E-state index is 12.1. The van der Waals surface area contributed by atoms with Crippen LogP contribution in [0.1, 0.15) is 26.5 Å². The highest BCUT2D eigenvalue weighted by molar-refractivity contribution is 14.1. The van der Waals surface area contributed by atoms with E-state index in [9.17, 15) is 14.4 Å². The van der Waals surface area contributed by atoms with E-state index in [-0.39, 0.29) is 28.5 Å². The number of nitrogens with zero attached hydrogens (tertiary/aromatic N) is 1. The van der Waals surface area contributed by atoms with E-state index in [0.717, 1.165) is 11.3 Å². The summed E-state index contributed by atoms with van der Waals surface area (Å²) in [7, 11) is 0. The topological polar surface area (TPSA) is 133 Å². The molecule has 1 saturated heterocycles. The first kappa shape index (κ1) is 19.6. The summed E-state index contributed by atoms with van der Waals surface area (Å²) in [5.41, 5.74) is -0.908. The van der Waals surface area contributed by atoms with Crippen molar-refractivity contribution in [2.45, 2.75) is 38.5 Å². The monoisotopic (exact) mass is 479 g/mol. The van der Waals surface area contributed by atoms with E-state index in [1.165, 1.54) is 5.38 Å². The third-order valence-electron chi connectivity index (χ3n) is 3.06. The number of thiazole rings is 1. The number of ether oxygens (including phenoxy) is 1. The van der Waals surface area contributed by atoms with E-state index in [2.05, 4.69) is 43.5 Å². The summed E-state index contributed by atoms with van der Waals surface area (Å²) < 4.78 is 5.76. The average Bonchev–Trinajstić information content (AvgIpc) is 2.95. The van der Waals surface area contributed by atoms with Gasteiger partial charge in [-0.25, -0.2) is 9.78 Å². The van der Waals surface area contributed by atoms with Crippen LogP contribution < -0.4 is 16.0 Å². The quantitative estimate of drug-likeness (QED) is 0.219. The van der Waals surface area contributed by atoms with Gasteiger partial charge in [-0.1, -0.05) is 22.6 Å². The lowest BCUT2D eigenvalue weighted by Crippen LogP contribution is -2.70. The van der Waals surface area contributed by atoms with E-state index in [4.69, 9.17) is 10.1 Å². The number of anilines is 1. The first-order valence-corrected chi connectivity index (χ1v) is 9.73. The lowest BCUT2D eigenvalue weighted by molar-refractivity contribution is -0.134. The summed E-state index contributed by atoms with van der Waals surface area (Å²) >= 11 is 3.18. The van der Waals surface area contributed by atoms with Gasteiger partial charge in [0.1, 0.15) is 23.0 Å². The second-order valence-corrected chi connectivity index (χ2v) is 8.00. The van der Waals surface area contributed by atoms with Crippen LogP contribution in [-0.4, -0.2) is 50.7 Å². The molecule has 1 aromatic heterocycles. The molecule has 136 valence electrons. The van der Waals surface area contributed by atoms with Gasteiger partial charge in [0.05, 0.1) is 6.04 Å². The summed E-state index contributed by atoms with van der Waals surface area (Å²) in [6, 6.07) is -0.771. The Labute approximate surface area is 161 Å². The zero-order valence-electron chi connectivity index (χ0n) is 13.8. The number of carbonyl (C=O) groups excluding carboxylic acids is 3. The Morgan fingerprint density at radius 3 is 2.72 bits per heavy atom. The molecule has 25 heavy (non-hydrogen) atoms. The number of alkyl halides is 1. The van der Waals surface area contributed by atoms with Crippen LogP contribution in [0, 0.1) is 5.41 Å². The smallest absolute Gasteiger partial charge is 0.413 e. The van der Waals surface area contributed by atoms with E-state index in [1.807, 2.05) is 0 Å². The van der Waals surface area contributed by atoms with E-state index < -0.39 is 23.6 Å². The number of carbonyl (C=O) groups is 3. The van der Waals surface area contributed by atoms with Crippen LogP contribution in [0.15, 0.2) is 5.38 Å². The minimum Gasteiger partial charge on any atom is -0.444 e. The molecule has 9 nitrogen and oxygen atoms in total. The van der Waals surface area contributed by atoms with Crippen molar-refractivity contribution in [3.05, 3.63) is 11.1 Å². The van der Waals surface area contributed by atoms with Crippen molar-refractivity contribution in [3.8, 4) is 0 Å². The average molecular weight is 479 g/mol. The zero-order chi connectivity index (χ0) is 18.8. The predicted molar refractivity (Wildman–Crippen MR) is 102 cm³/mol. The maximum absolute atomic E-state index is 12.1. The molecule has 0 aliphatic carbocycles. The molecule has 0 bridgehead atoms. The molecule has 0 spiro atoms. The van der Waals surface area contributed by atoms with Crippen molar-refractivity contribution in [3.63, 3.8) is 0 Å². The molecule has 2 atom stereocenters. The summed E-state index contributed by atoms with van der Waals surface area (Å²) in [5.74, 6) is -0.961. The number of aromatic nitrogens is 1. The largest absolute Gasteiger partial charge is 0.444 e. The van der Waals surface area contributed by atoms with Crippen molar-refractivity contribution in [2.75, 3.05) is 9.74 Å². The Morgan fingerprint density at radius 1 is 1.48 bits per heavy atom. The van der Waals surface area contributed by atoms with Crippen LogP contribution >= 0.6 is 33.9 Å². The van der Waals surface area contributed by atoms with Gasteiger partial charge in [0, 0.05) is 9.81 Å². The van der Waals surface area contributed by atoms with Crippen LogP contribution in [0.5, 0.6) is 0 Å². The molecule has 0 saturated carbocycles. The number of hydrogen-bond donors (Lipinski definition) is 4. The number of nitrogens with one attached hydrogen (secondary N) is 4. The van der Waals surface area contributed by atoms with Gasteiger partial charge in [-0.05, 0) is 20.8 Å². The fourth-order valence-electron chi connectivity index (χ4n) is 1.90. The highest BCUT2D eigenvalue weighted by atomic mass is 127. The Kier molecular flexibility index (Phi) is 5.98. The van der Waals surface area contributed by atoms with Crippen LogP contribution in [0.2, 0.25) is 0 Å². The molecule has 11 heteroatoms. The number of rotatable bonds is 5. The molecule has 0 radical (unpaired) electrons. The van der Waals surface area contributed by atoms with E-state index in [0.29, 0.717) is 4.43 Å². The SMILES string of the molecule is CC(C)(C)OC(=O)Nc1nc(C(=N)C(=O)N[C@@H]2C(=O)NC2CI)cs1. The first-order valence-electron chi connectivity index (χ1n) is 7.32. The fraction of sp³-hybridized carbons (Fsp3) is 0.500. The molecule has 1 aromatic rings. The molecule has 1 aliphatic heterocycles. The molecule has 1 unspecified atom stereocenters. The predicted octanol–water partition coefficient (Wildman–Crippen LogP) is 1.28. The molecule has 0 aromatic carbocycles. The van der Waals surface area contributed by atoms with Gasteiger partial charge in [0.25, 0.3) is 5.91 Å². The summed E-state index contributed by atoms with van der Waals surface area (Å²) in [4.78, 5) is 39.3. The number of amides is 3. The van der Waals surface area contributed by atoms with Gasteiger partial charge >= 0.3 is 6.09 Å². The number of β-lactam (4-membered cyclic amide) rings is 1. The second-order valence-electron chi connectivity index (χ2n) is 6.26. The highest BCUT2D eigenvalue weighted by Gasteiger charge is 2.40. The second kappa shape index (κ2) is 7.64. The molecule has 1 aliphatic rings. The molecule has 1 fully saturated rings. The Morgan fingerprint density at radius 2 is 2.16 bits per heavy atom. The normalized spacial score (nSPS) is 19.4. The van der Waals surface area contributed by atoms with Crippen molar-refractivity contribution < 1.29 is 19.1 Å². The zero-order valence-corrected chi connectivity index (χ0v) is 16.8. The van der Waals surface area contributed by atoms with E-state index in [1.54, 1.807) is 20.8 Å². The van der Waals surface area contributed by atoms with Crippen LogP contribution in [0.25, 0.3) is 0 Å². The molecular weight excluding hydrogens is 461 g/mol. The van der Waals surface area contributed by atoms with E-state index >= 15 is 0 Å². The Bertz CT molecular complexity index is 714. The van der Waals surface area contributed by atoms with Gasteiger partial charge in [0.2, 0.25) is 5.91 Å². The molecule has 2 heterocycles. The molecular formula is C14H18IN5O4S. The standard InChI is InChI=1S/C14H18IN5O4S/c1-14(2,3)24-13(23)20-12-18-7(5-25-12)8(16)10(21)19-9-6(4-15)17-11(9)22/h5-6,9,16H,4H2,1-3H3,(H,17,22)(H,19,21)(H,18,20,23)/t6?,9-/m0/s1. The number of hydrogen-bond acceptors (Lipinski definition) is 7. The van der Waals surface area contributed by atoms with Crippen molar-refractivity contribution in [2.24, 2.45) is 0 Å². The minimum absolute atomic E-state index is 0.110. The summed E-state index contributed by atoms with van der Waals surface area (Å²) in [5, 5.41) is 17.2. The van der Waals surface area contributed by atoms with Gasteiger partial charge < -0.3 is 15.4 Å². The molecule has 4 N–H and O–H groups in total. The van der Waals surface area contributed by atoms with Gasteiger partial charge in [-0.3, -0.25) is 20.3 Å². The maximum Gasteiger partial charge on any atom is 0.413 e. The summed E-state index contributed by atoms with van der Waals surface area (Å²) in [6.07, 6.45) is -0.666. The van der Waals surface area contributed by atoms with Crippen molar-refractivity contribution in [1.29, 1.82) is 5.41 Å². The van der Waals surface area contributed by atoms with Crippen molar-refractivity contribution >= 4 is 62.7 Å². The Hall–Kier alpha value is -1.76. The van der Waals surface area contributed by atoms with Crippen LogP contribution in [0.3, 0.4) is 0 Å². The van der Waals surface area contributed by atoms with Crippen LogP contribution in [0.4, 0.5) is 9.93 Å². The third kappa shape index (κ3) is 5.11. The van der Waals surface area contributed by atoms with Crippen LogP contribution in [-0.2, 0) is 14.3 Å². The minimum atomic E-state index is -0.691. The Balaban J connectivity index is 1.94. The lowest BCUT2D eigenvalue weighted by atomic mass is 10.0. The van der Waals surface area contributed by atoms with Gasteiger partial charge in [-0.15, -0.1) is 11.3 Å². The molecule has 3 amide bonds. The number of halogens is 1. The first-order chi connectivity index (χ1) is 11.6.